The van der Waals surface area contributed by atoms with Gasteiger partial charge in [0, 0.05) is 6.54 Å². The van der Waals surface area contributed by atoms with Gasteiger partial charge in [-0.15, -0.1) is 12.4 Å². The van der Waals surface area contributed by atoms with Crippen LogP contribution in [0.5, 0.6) is 0 Å². The Morgan fingerprint density at radius 1 is 1.75 bits per heavy atom. The SMILES string of the molecule is CNCC(C)C#N.Cl. The van der Waals surface area contributed by atoms with Crippen LogP contribution in [-0.4, -0.2) is 13.6 Å². The summed E-state index contributed by atoms with van der Waals surface area (Å²) in [5.41, 5.74) is 0. The molecule has 2 nitrogen and oxygen atoms in total. The van der Waals surface area contributed by atoms with Crippen LogP contribution in [0.15, 0.2) is 0 Å². The summed E-state index contributed by atoms with van der Waals surface area (Å²) in [6.45, 7) is 2.67. The Kier molecular flexibility index (Phi) is 8.99. The smallest absolute Gasteiger partial charge is 0.0666 e. The number of nitrogens with zero attached hydrogens (tertiary/aromatic N) is 1. The molecule has 48 valence electrons. The number of nitriles is 1. The minimum Gasteiger partial charge on any atom is -0.318 e. The minimum absolute atomic E-state index is 0. The zero-order chi connectivity index (χ0) is 5.70. The number of hydrogen-bond donors (Lipinski definition) is 1. The fourth-order valence-electron chi connectivity index (χ4n) is 0.352. The molecule has 0 aromatic rings. The maximum absolute atomic E-state index is 8.18. The molecule has 0 aromatic heterocycles. The summed E-state index contributed by atoms with van der Waals surface area (Å²) < 4.78 is 0. The van der Waals surface area contributed by atoms with Gasteiger partial charge in [0.05, 0.1) is 12.0 Å². The van der Waals surface area contributed by atoms with Crippen molar-refractivity contribution in [1.29, 1.82) is 5.26 Å². The molecule has 1 N–H and O–H groups in total. The molecule has 3 heteroatoms. The van der Waals surface area contributed by atoms with Crippen LogP contribution in [0.3, 0.4) is 0 Å². The van der Waals surface area contributed by atoms with E-state index >= 15 is 0 Å². The highest BCUT2D eigenvalue weighted by Gasteiger charge is 1.92. The molecule has 0 aliphatic rings. The maximum atomic E-state index is 8.18. The third-order valence-electron chi connectivity index (χ3n) is 0.731. The summed E-state index contributed by atoms with van der Waals surface area (Å²) in [7, 11) is 1.84. The largest absolute Gasteiger partial charge is 0.318 e. The van der Waals surface area contributed by atoms with Crippen molar-refractivity contribution in [3.63, 3.8) is 0 Å². The Bertz CT molecular complexity index is 77.0. The lowest BCUT2D eigenvalue weighted by Gasteiger charge is -1.95. The van der Waals surface area contributed by atoms with Gasteiger partial charge in [0.15, 0.2) is 0 Å². The predicted molar refractivity (Wildman–Crippen MR) is 36.0 cm³/mol. The molecule has 0 aromatic carbocycles. The lowest BCUT2D eigenvalue weighted by molar-refractivity contribution is 0.661. The van der Waals surface area contributed by atoms with Crippen LogP contribution in [0.4, 0.5) is 0 Å². The molecule has 0 amide bonds. The van der Waals surface area contributed by atoms with Gasteiger partial charge in [-0.05, 0) is 14.0 Å². The van der Waals surface area contributed by atoms with Crippen molar-refractivity contribution in [3.8, 4) is 6.07 Å². The van der Waals surface area contributed by atoms with Crippen LogP contribution in [0, 0.1) is 17.2 Å². The Morgan fingerprint density at radius 3 is 2.38 bits per heavy atom. The van der Waals surface area contributed by atoms with Gasteiger partial charge >= 0.3 is 0 Å². The molecule has 0 saturated heterocycles. The van der Waals surface area contributed by atoms with Crippen molar-refractivity contribution in [2.75, 3.05) is 13.6 Å². The predicted octanol–water partition coefficient (Wildman–Crippen LogP) is 0.787. The summed E-state index contributed by atoms with van der Waals surface area (Å²) in [6.07, 6.45) is 0. The van der Waals surface area contributed by atoms with E-state index in [1.54, 1.807) is 0 Å². The van der Waals surface area contributed by atoms with Gasteiger partial charge in [-0.1, -0.05) is 0 Å². The maximum Gasteiger partial charge on any atom is 0.0666 e. The molecule has 1 atom stereocenters. The number of rotatable bonds is 2. The van der Waals surface area contributed by atoms with Gasteiger partial charge in [0.1, 0.15) is 0 Å². The topological polar surface area (TPSA) is 35.8 Å². The van der Waals surface area contributed by atoms with E-state index in [9.17, 15) is 0 Å². The van der Waals surface area contributed by atoms with E-state index < -0.39 is 0 Å². The van der Waals surface area contributed by atoms with Crippen LogP contribution in [0.2, 0.25) is 0 Å². The quantitative estimate of drug-likeness (QED) is 0.606. The zero-order valence-corrected chi connectivity index (χ0v) is 5.96. The van der Waals surface area contributed by atoms with Crippen molar-refractivity contribution in [2.45, 2.75) is 6.92 Å². The average Bonchev–Trinajstić information content (AvgIpc) is 1.68. The van der Waals surface area contributed by atoms with Crippen molar-refractivity contribution >= 4 is 12.4 Å². The monoisotopic (exact) mass is 134 g/mol. The Morgan fingerprint density at radius 2 is 2.25 bits per heavy atom. The van der Waals surface area contributed by atoms with Crippen molar-refractivity contribution in [3.05, 3.63) is 0 Å². The molecule has 0 bridgehead atoms. The first-order valence-electron chi connectivity index (χ1n) is 2.35. The van der Waals surface area contributed by atoms with Crippen LogP contribution in [-0.2, 0) is 0 Å². The highest BCUT2D eigenvalue weighted by Crippen LogP contribution is 1.84. The molecule has 1 unspecified atom stereocenters. The Hall–Kier alpha value is -0.260. The first kappa shape index (κ1) is 10.7. The van der Waals surface area contributed by atoms with Gasteiger partial charge in [0.25, 0.3) is 0 Å². The van der Waals surface area contributed by atoms with Crippen LogP contribution in [0.1, 0.15) is 6.92 Å². The van der Waals surface area contributed by atoms with E-state index in [-0.39, 0.29) is 18.3 Å². The van der Waals surface area contributed by atoms with Gasteiger partial charge in [-0.3, -0.25) is 0 Å². The zero-order valence-electron chi connectivity index (χ0n) is 5.14. The molecule has 8 heavy (non-hydrogen) atoms. The summed E-state index contributed by atoms with van der Waals surface area (Å²) in [5, 5.41) is 11.1. The number of hydrogen-bond acceptors (Lipinski definition) is 2. The van der Waals surface area contributed by atoms with Crippen LogP contribution in [0.25, 0.3) is 0 Å². The van der Waals surface area contributed by atoms with Gasteiger partial charge in [-0.2, -0.15) is 5.26 Å². The number of nitrogens with one attached hydrogen (secondary N) is 1. The lowest BCUT2D eigenvalue weighted by atomic mass is 10.2. The molecule has 0 radical (unpaired) electrons. The van der Waals surface area contributed by atoms with Crippen molar-refractivity contribution in [2.24, 2.45) is 5.92 Å². The minimum atomic E-state index is 0. The van der Waals surface area contributed by atoms with Gasteiger partial charge < -0.3 is 5.32 Å². The van der Waals surface area contributed by atoms with Gasteiger partial charge in [0.2, 0.25) is 0 Å². The summed E-state index contributed by atoms with van der Waals surface area (Å²) in [5.74, 6) is 0.144. The van der Waals surface area contributed by atoms with E-state index in [0.29, 0.717) is 0 Å². The van der Waals surface area contributed by atoms with Gasteiger partial charge in [-0.25, -0.2) is 0 Å². The molecule has 0 saturated carbocycles. The van der Waals surface area contributed by atoms with Crippen LogP contribution < -0.4 is 5.32 Å². The second-order valence-electron chi connectivity index (χ2n) is 1.59. The third kappa shape index (κ3) is 5.74. The van der Waals surface area contributed by atoms with E-state index in [1.165, 1.54) is 0 Å². The van der Waals surface area contributed by atoms with E-state index in [0.717, 1.165) is 6.54 Å². The standard InChI is InChI=1S/C5H10N2.ClH/c1-5(3-6)4-7-2;/h5,7H,4H2,1-2H3;1H. The second kappa shape index (κ2) is 6.74. The summed E-state index contributed by atoms with van der Waals surface area (Å²) in [4.78, 5) is 0. The highest BCUT2D eigenvalue weighted by molar-refractivity contribution is 5.85. The lowest BCUT2D eigenvalue weighted by Crippen LogP contribution is -2.14. The normalized spacial score (nSPS) is 11.1. The molecule has 0 spiro atoms. The summed E-state index contributed by atoms with van der Waals surface area (Å²) in [6, 6.07) is 2.10. The van der Waals surface area contributed by atoms with Crippen molar-refractivity contribution in [1.82, 2.24) is 5.32 Å². The van der Waals surface area contributed by atoms with Crippen molar-refractivity contribution < 1.29 is 0 Å². The van der Waals surface area contributed by atoms with Crippen LogP contribution >= 0.6 is 12.4 Å². The first-order valence-corrected chi connectivity index (χ1v) is 2.35. The molecule has 0 rings (SSSR count). The Balaban J connectivity index is 0. The molecular formula is C5H11ClN2. The molecular weight excluding hydrogens is 124 g/mol. The van der Waals surface area contributed by atoms with E-state index in [1.807, 2.05) is 14.0 Å². The third-order valence-corrected chi connectivity index (χ3v) is 0.731. The fourth-order valence-corrected chi connectivity index (χ4v) is 0.352. The highest BCUT2D eigenvalue weighted by atomic mass is 35.5. The van der Waals surface area contributed by atoms with E-state index in [4.69, 9.17) is 5.26 Å². The molecule has 0 aliphatic heterocycles. The number of halogens is 1. The second-order valence-corrected chi connectivity index (χ2v) is 1.59. The molecule has 0 aliphatic carbocycles. The molecule has 0 fully saturated rings. The first-order chi connectivity index (χ1) is 3.31. The summed E-state index contributed by atoms with van der Waals surface area (Å²) >= 11 is 0. The average molecular weight is 135 g/mol. The van der Waals surface area contributed by atoms with E-state index in [2.05, 4.69) is 11.4 Å². The molecule has 0 heterocycles. The Labute approximate surface area is 56.3 Å². The fraction of sp³-hybridized carbons (Fsp3) is 0.800.